The molecule has 1 saturated carbocycles. The summed E-state index contributed by atoms with van der Waals surface area (Å²) in [4.78, 5) is 39.9. The summed E-state index contributed by atoms with van der Waals surface area (Å²) in [6.07, 6.45) is 7.37. The number of nitrogens with one attached hydrogen (secondary N) is 1. The van der Waals surface area contributed by atoms with Gasteiger partial charge in [-0.05, 0) is 36.6 Å². The van der Waals surface area contributed by atoms with Crippen molar-refractivity contribution in [1.29, 1.82) is 0 Å². The molecular formula is C25H24N4O3. The van der Waals surface area contributed by atoms with Crippen molar-refractivity contribution in [2.24, 2.45) is 0 Å². The van der Waals surface area contributed by atoms with Gasteiger partial charge in [0.15, 0.2) is 0 Å². The number of aromatic nitrogens is 2. The Morgan fingerprint density at radius 1 is 0.938 bits per heavy atom. The number of hydrogen-bond acceptors (Lipinski definition) is 4. The van der Waals surface area contributed by atoms with Crippen LogP contribution < -0.4 is 5.32 Å². The molecule has 0 spiro atoms. The third-order valence-electron chi connectivity index (χ3n) is 6.25. The van der Waals surface area contributed by atoms with Gasteiger partial charge < -0.3 is 5.32 Å². The van der Waals surface area contributed by atoms with Crippen molar-refractivity contribution in [1.82, 2.24) is 14.7 Å². The Balaban J connectivity index is 1.34. The third-order valence-corrected chi connectivity index (χ3v) is 6.25. The van der Waals surface area contributed by atoms with E-state index in [0.717, 1.165) is 18.4 Å². The van der Waals surface area contributed by atoms with Crippen molar-refractivity contribution >= 4 is 23.5 Å². The lowest BCUT2D eigenvalue weighted by Gasteiger charge is -2.23. The van der Waals surface area contributed by atoms with E-state index in [1.807, 2.05) is 35.0 Å². The van der Waals surface area contributed by atoms with Crippen LogP contribution in [0.3, 0.4) is 0 Å². The average Bonchev–Trinajstić information content (AvgIpc) is 3.38. The summed E-state index contributed by atoms with van der Waals surface area (Å²) in [6, 6.07) is 16.1. The maximum absolute atomic E-state index is 12.9. The van der Waals surface area contributed by atoms with E-state index in [1.165, 1.54) is 30.2 Å². The van der Waals surface area contributed by atoms with E-state index in [1.54, 1.807) is 24.4 Å². The number of benzene rings is 2. The topological polar surface area (TPSA) is 84.3 Å². The molecule has 162 valence electrons. The second-order valence-electron chi connectivity index (χ2n) is 8.35. The van der Waals surface area contributed by atoms with E-state index in [-0.39, 0.29) is 29.8 Å². The third kappa shape index (κ3) is 3.70. The van der Waals surface area contributed by atoms with Crippen molar-refractivity contribution in [3.63, 3.8) is 0 Å². The van der Waals surface area contributed by atoms with Gasteiger partial charge in [0.25, 0.3) is 17.7 Å². The Bertz CT molecular complexity index is 1180. The Kier molecular flexibility index (Phi) is 5.31. The van der Waals surface area contributed by atoms with Crippen molar-refractivity contribution in [2.75, 3.05) is 5.32 Å². The zero-order valence-corrected chi connectivity index (χ0v) is 17.7. The minimum absolute atomic E-state index is 0.204. The van der Waals surface area contributed by atoms with Crippen molar-refractivity contribution in [3.05, 3.63) is 83.0 Å². The van der Waals surface area contributed by atoms with Crippen LogP contribution in [0.5, 0.6) is 0 Å². The Morgan fingerprint density at radius 3 is 2.47 bits per heavy atom. The Morgan fingerprint density at radius 2 is 1.69 bits per heavy atom. The van der Waals surface area contributed by atoms with Crippen LogP contribution in [0, 0.1) is 0 Å². The van der Waals surface area contributed by atoms with Crippen LogP contribution in [0.4, 0.5) is 5.82 Å². The molecule has 1 N–H and O–H groups in total. The van der Waals surface area contributed by atoms with Crippen LogP contribution in [-0.4, -0.2) is 32.4 Å². The highest BCUT2D eigenvalue weighted by atomic mass is 16.2. The highest BCUT2D eigenvalue weighted by molar-refractivity contribution is 6.22. The van der Waals surface area contributed by atoms with Crippen molar-refractivity contribution in [3.8, 4) is 0 Å². The van der Waals surface area contributed by atoms with Crippen LogP contribution in [0.2, 0.25) is 0 Å². The number of imide groups is 1. The van der Waals surface area contributed by atoms with Gasteiger partial charge in [-0.1, -0.05) is 49.6 Å². The van der Waals surface area contributed by atoms with Crippen LogP contribution in [-0.2, 0) is 6.54 Å². The zero-order chi connectivity index (χ0) is 22.1. The standard InChI is InChI=1S/C25H24N4O3/c30-23(27-22-13-14-26-29(22)19-9-5-2-6-10-19)18-11-12-20-21(15-18)25(32)28(24(20)31)16-17-7-3-1-4-8-17/h1,3-4,7-8,11-15,19H,2,5-6,9-10,16H2,(H,27,30). The van der Waals surface area contributed by atoms with Gasteiger partial charge in [-0.15, -0.1) is 0 Å². The first-order valence-electron chi connectivity index (χ1n) is 11.0. The first-order chi connectivity index (χ1) is 15.6. The van der Waals surface area contributed by atoms with Gasteiger partial charge in [0.05, 0.1) is 29.9 Å². The molecule has 2 heterocycles. The summed E-state index contributed by atoms with van der Waals surface area (Å²) in [5.41, 5.74) is 1.80. The van der Waals surface area contributed by atoms with Crippen LogP contribution in [0.25, 0.3) is 0 Å². The number of amides is 3. The number of rotatable bonds is 5. The lowest BCUT2D eigenvalue weighted by atomic mass is 9.96. The van der Waals surface area contributed by atoms with Gasteiger partial charge in [-0.3, -0.25) is 19.3 Å². The van der Waals surface area contributed by atoms with E-state index in [2.05, 4.69) is 10.4 Å². The molecular weight excluding hydrogens is 404 g/mol. The fourth-order valence-corrected chi connectivity index (χ4v) is 4.56. The van der Waals surface area contributed by atoms with E-state index in [0.29, 0.717) is 23.0 Å². The predicted octanol–water partition coefficient (Wildman–Crippen LogP) is 4.44. The number of hydrogen-bond donors (Lipinski definition) is 1. The van der Waals surface area contributed by atoms with E-state index in [9.17, 15) is 14.4 Å². The second kappa shape index (κ2) is 8.42. The molecule has 1 aliphatic heterocycles. The molecule has 3 amide bonds. The number of carbonyl (C=O) groups excluding carboxylic acids is 3. The normalized spacial score (nSPS) is 16.3. The maximum Gasteiger partial charge on any atom is 0.261 e. The monoisotopic (exact) mass is 428 g/mol. The van der Waals surface area contributed by atoms with E-state index >= 15 is 0 Å². The second-order valence-corrected chi connectivity index (χ2v) is 8.35. The molecule has 32 heavy (non-hydrogen) atoms. The molecule has 1 aliphatic carbocycles. The first kappa shape index (κ1) is 20.2. The van der Waals surface area contributed by atoms with Crippen LogP contribution in [0.15, 0.2) is 60.8 Å². The summed E-state index contributed by atoms with van der Waals surface area (Å²) in [5, 5.41) is 7.34. The molecule has 3 aromatic rings. The number of fused-ring (bicyclic) bond motifs is 1. The highest BCUT2D eigenvalue weighted by Crippen LogP contribution is 2.30. The number of carbonyl (C=O) groups is 3. The van der Waals surface area contributed by atoms with Gasteiger partial charge in [-0.2, -0.15) is 5.10 Å². The van der Waals surface area contributed by atoms with Crippen molar-refractivity contribution < 1.29 is 14.4 Å². The highest BCUT2D eigenvalue weighted by Gasteiger charge is 2.36. The summed E-state index contributed by atoms with van der Waals surface area (Å²) in [6.45, 7) is 0.204. The van der Waals surface area contributed by atoms with Crippen LogP contribution >= 0.6 is 0 Å². The Hall–Kier alpha value is -3.74. The van der Waals surface area contributed by atoms with Gasteiger partial charge in [-0.25, -0.2) is 4.68 Å². The lowest BCUT2D eigenvalue weighted by Crippen LogP contribution is -2.29. The molecule has 5 rings (SSSR count). The quantitative estimate of drug-likeness (QED) is 0.609. The minimum atomic E-state index is -0.379. The summed E-state index contributed by atoms with van der Waals surface area (Å²) < 4.78 is 1.89. The molecule has 0 unspecified atom stereocenters. The average molecular weight is 428 g/mol. The molecule has 1 aromatic heterocycles. The predicted molar refractivity (Wildman–Crippen MR) is 119 cm³/mol. The lowest BCUT2D eigenvalue weighted by molar-refractivity contribution is 0.0642. The summed E-state index contributed by atoms with van der Waals surface area (Å²) in [7, 11) is 0. The molecule has 0 saturated heterocycles. The molecule has 1 fully saturated rings. The van der Waals surface area contributed by atoms with Gasteiger partial charge in [0.1, 0.15) is 5.82 Å². The number of anilines is 1. The largest absolute Gasteiger partial charge is 0.307 e. The smallest absolute Gasteiger partial charge is 0.261 e. The van der Waals surface area contributed by atoms with Crippen LogP contribution in [0.1, 0.15) is 74.8 Å². The molecule has 0 bridgehead atoms. The first-order valence-corrected chi connectivity index (χ1v) is 11.0. The molecule has 2 aliphatic rings. The zero-order valence-electron chi connectivity index (χ0n) is 17.7. The van der Waals surface area contributed by atoms with Gasteiger partial charge in [0, 0.05) is 11.6 Å². The van der Waals surface area contributed by atoms with Gasteiger partial charge >= 0.3 is 0 Å². The van der Waals surface area contributed by atoms with E-state index < -0.39 is 0 Å². The molecule has 0 radical (unpaired) electrons. The molecule has 7 heteroatoms. The van der Waals surface area contributed by atoms with E-state index in [4.69, 9.17) is 0 Å². The van der Waals surface area contributed by atoms with Crippen molar-refractivity contribution in [2.45, 2.75) is 44.7 Å². The summed E-state index contributed by atoms with van der Waals surface area (Å²) >= 11 is 0. The SMILES string of the molecule is O=C(Nc1ccnn1C1CCCCC1)c1ccc2c(c1)C(=O)N(Cc1ccccc1)C2=O. The molecule has 2 aromatic carbocycles. The fourth-order valence-electron chi connectivity index (χ4n) is 4.56. The minimum Gasteiger partial charge on any atom is -0.307 e. The maximum atomic E-state index is 12.9. The van der Waals surface area contributed by atoms with Gasteiger partial charge in [0.2, 0.25) is 0 Å². The molecule has 7 nitrogen and oxygen atoms in total. The number of nitrogens with zero attached hydrogens (tertiary/aromatic N) is 3. The fraction of sp³-hybridized carbons (Fsp3) is 0.280. The Labute approximate surface area is 186 Å². The summed E-state index contributed by atoms with van der Waals surface area (Å²) in [5.74, 6) is -0.394. The molecule has 0 atom stereocenters.